The van der Waals surface area contributed by atoms with Crippen LogP contribution in [0.15, 0.2) is 54.1 Å². The van der Waals surface area contributed by atoms with Crippen LogP contribution in [0.3, 0.4) is 0 Å². The van der Waals surface area contributed by atoms with E-state index in [9.17, 15) is 19.2 Å². The molecule has 8 heteroatoms. The smallest absolute Gasteiger partial charge is 0.335 e. The van der Waals surface area contributed by atoms with E-state index in [0.29, 0.717) is 11.3 Å². The van der Waals surface area contributed by atoms with Crippen LogP contribution in [0.25, 0.3) is 6.08 Å². The molecule has 0 radical (unpaired) electrons. The summed E-state index contributed by atoms with van der Waals surface area (Å²) < 4.78 is 10.2. The Bertz CT molecular complexity index is 1010. The van der Waals surface area contributed by atoms with Gasteiger partial charge in [-0.2, -0.15) is 0 Å². The van der Waals surface area contributed by atoms with Gasteiger partial charge in [0.05, 0.1) is 12.8 Å². The van der Waals surface area contributed by atoms with E-state index in [4.69, 9.17) is 9.47 Å². The van der Waals surface area contributed by atoms with Gasteiger partial charge in [0.1, 0.15) is 17.1 Å². The Labute approximate surface area is 160 Å². The number of esters is 1. The van der Waals surface area contributed by atoms with Gasteiger partial charge < -0.3 is 9.47 Å². The maximum Gasteiger partial charge on any atom is 0.335 e. The first-order valence-electron chi connectivity index (χ1n) is 8.23. The van der Waals surface area contributed by atoms with Crippen LogP contribution in [0.1, 0.15) is 12.5 Å². The van der Waals surface area contributed by atoms with Gasteiger partial charge in [-0.05, 0) is 24.3 Å². The predicted octanol–water partition coefficient (Wildman–Crippen LogP) is 2.29. The second-order valence-electron chi connectivity index (χ2n) is 5.79. The van der Waals surface area contributed by atoms with Gasteiger partial charge in [-0.1, -0.05) is 24.3 Å². The predicted molar refractivity (Wildman–Crippen MR) is 99.7 cm³/mol. The SMILES string of the molecule is COc1cccc(N2C(=O)NC(=O)C(=Cc3ccccc3OC(C)=O)C2=O)c1. The third kappa shape index (κ3) is 3.75. The number of methoxy groups -OCH3 is 1. The number of amides is 4. The molecular formula is C20H16N2O6. The van der Waals surface area contributed by atoms with Crippen molar-refractivity contribution in [2.24, 2.45) is 0 Å². The van der Waals surface area contributed by atoms with E-state index in [1.54, 1.807) is 36.4 Å². The summed E-state index contributed by atoms with van der Waals surface area (Å²) >= 11 is 0. The standard InChI is InChI=1S/C20H16N2O6/c1-12(23)28-17-9-4-3-6-13(17)10-16-18(24)21-20(26)22(19(16)25)14-7-5-8-15(11-14)27-2/h3-11H,1-2H3,(H,21,24,26). The number of hydrogen-bond acceptors (Lipinski definition) is 6. The summed E-state index contributed by atoms with van der Waals surface area (Å²) in [5.41, 5.74) is 0.312. The van der Waals surface area contributed by atoms with Gasteiger partial charge in [0.15, 0.2) is 0 Å². The van der Waals surface area contributed by atoms with Crippen LogP contribution in [0, 0.1) is 0 Å². The summed E-state index contributed by atoms with van der Waals surface area (Å²) in [7, 11) is 1.46. The Morgan fingerprint density at radius 3 is 2.54 bits per heavy atom. The second-order valence-corrected chi connectivity index (χ2v) is 5.79. The van der Waals surface area contributed by atoms with E-state index in [2.05, 4.69) is 5.32 Å². The van der Waals surface area contributed by atoms with Crippen LogP contribution < -0.4 is 19.7 Å². The third-order valence-corrected chi connectivity index (χ3v) is 3.89. The van der Waals surface area contributed by atoms with E-state index in [1.165, 1.54) is 32.2 Å². The molecule has 4 amide bonds. The Hall–Kier alpha value is -3.94. The van der Waals surface area contributed by atoms with Crippen LogP contribution in [0.4, 0.5) is 10.5 Å². The molecule has 0 unspecified atom stereocenters. The minimum Gasteiger partial charge on any atom is -0.497 e. The second kappa shape index (κ2) is 7.75. The lowest BCUT2D eigenvalue weighted by molar-refractivity contribution is -0.132. The zero-order chi connectivity index (χ0) is 20.3. The lowest BCUT2D eigenvalue weighted by atomic mass is 10.1. The maximum atomic E-state index is 12.9. The number of benzene rings is 2. The molecule has 0 aromatic heterocycles. The zero-order valence-corrected chi connectivity index (χ0v) is 15.1. The summed E-state index contributed by atoms with van der Waals surface area (Å²) in [6.07, 6.45) is 1.27. The van der Waals surface area contributed by atoms with E-state index >= 15 is 0 Å². The zero-order valence-electron chi connectivity index (χ0n) is 15.1. The summed E-state index contributed by atoms with van der Waals surface area (Å²) in [4.78, 5) is 49.6. The average molecular weight is 380 g/mol. The van der Waals surface area contributed by atoms with Gasteiger partial charge in [-0.25, -0.2) is 9.69 Å². The largest absolute Gasteiger partial charge is 0.497 e. The molecule has 1 fully saturated rings. The molecule has 2 aromatic rings. The van der Waals surface area contributed by atoms with Crippen molar-refractivity contribution in [3.63, 3.8) is 0 Å². The number of rotatable bonds is 4. The minimum absolute atomic E-state index is 0.188. The highest BCUT2D eigenvalue weighted by atomic mass is 16.5. The quantitative estimate of drug-likeness (QED) is 0.378. The van der Waals surface area contributed by atoms with Gasteiger partial charge in [-0.3, -0.25) is 19.7 Å². The van der Waals surface area contributed by atoms with E-state index in [1.807, 2.05) is 0 Å². The number of nitrogens with one attached hydrogen (secondary N) is 1. The van der Waals surface area contributed by atoms with E-state index < -0.39 is 23.8 Å². The molecule has 1 N–H and O–H groups in total. The van der Waals surface area contributed by atoms with Crippen molar-refractivity contribution < 1.29 is 28.7 Å². The number of anilines is 1. The van der Waals surface area contributed by atoms with Crippen molar-refractivity contribution in [2.45, 2.75) is 6.92 Å². The van der Waals surface area contributed by atoms with Crippen molar-refractivity contribution >= 4 is 35.6 Å². The Balaban J connectivity index is 2.03. The minimum atomic E-state index is -0.867. The monoisotopic (exact) mass is 380 g/mol. The maximum absolute atomic E-state index is 12.9. The normalized spacial score (nSPS) is 15.4. The molecule has 3 rings (SSSR count). The Morgan fingerprint density at radius 1 is 1.07 bits per heavy atom. The Morgan fingerprint density at radius 2 is 1.82 bits per heavy atom. The van der Waals surface area contributed by atoms with Crippen molar-refractivity contribution in [1.82, 2.24) is 5.32 Å². The van der Waals surface area contributed by atoms with Crippen LogP contribution in [0.5, 0.6) is 11.5 Å². The first kappa shape index (κ1) is 18.8. The van der Waals surface area contributed by atoms with Crippen LogP contribution in [0.2, 0.25) is 0 Å². The molecule has 28 heavy (non-hydrogen) atoms. The summed E-state index contributed by atoms with van der Waals surface area (Å²) in [5, 5.41) is 2.14. The molecule has 0 bridgehead atoms. The lowest BCUT2D eigenvalue weighted by Crippen LogP contribution is -2.54. The summed E-state index contributed by atoms with van der Waals surface area (Å²) in [6, 6.07) is 11.9. The first-order valence-corrected chi connectivity index (χ1v) is 8.23. The van der Waals surface area contributed by atoms with Crippen molar-refractivity contribution in [2.75, 3.05) is 12.0 Å². The molecular weight excluding hydrogens is 364 g/mol. The molecule has 8 nitrogen and oxygen atoms in total. The highest BCUT2D eigenvalue weighted by Crippen LogP contribution is 2.27. The number of carbonyl (C=O) groups is 4. The van der Waals surface area contributed by atoms with Gasteiger partial charge in [0.2, 0.25) is 0 Å². The van der Waals surface area contributed by atoms with Crippen LogP contribution in [-0.4, -0.2) is 30.9 Å². The number of ether oxygens (including phenoxy) is 2. The fraction of sp³-hybridized carbons (Fsp3) is 0.100. The number of nitrogens with zero attached hydrogens (tertiary/aromatic N) is 1. The number of carbonyl (C=O) groups excluding carboxylic acids is 4. The molecule has 1 heterocycles. The topological polar surface area (TPSA) is 102 Å². The molecule has 1 aliphatic heterocycles. The highest BCUT2D eigenvalue weighted by molar-refractivity contribution is 6.39. The van der Waals surface area contributed by atoms with Gasteiger partial charge in [-0.15, -0.1) is 0 Å². The fourth-order valence-electron chi connectivity index (χ4n) is 2.64. The van der Waals surface area contributed by atoms with Crippen LogP contribution in [-0.2, 0) is 14.4 Å². The van der Waals surface area contributed by atoms with Crippen molar-refractivity contribution in [3.8, 4) is 11.5 Å². The number of para-hydroxylation sites is 1. The molecule has 0 aliphatic carbocycles. The Kier molecular flexibility index (Phi) is 5.21. The van der Waals surface area contributed by atoms with Gasteiger partial charge in [0, 0.05) is 18.6 Å². The third-order valence-electron chi connectivity index (χ3n) is 3.89. The molecule has 0 atom stereocenters. The van der Waals surface area contributed by atoms with Crippen molar-refractivity contribution in [1.29, 1.82) is 0 Å². The molecule has 1 aliphatic rings. The number of barbiturate groups is 1. The molecule has 1 saturated heterocycles. The summed E-state index contributed by atoms with van der Waals surface area (Å²) in [6.45, 7) is 1.24. The molecule has 2 aromatic carbocycles. The molecule has 0 spiro atoms. The fourth-order valence-corrected chi connectivity index (χ4v) is 2.64. The van der Waals surface area contributed by atoms with E-state index in [-0.39, 0.29) is 17.0 Å². The lowest BCUT2D eigenvalue weighted by Gasteiger charge is -2.26. The van der Waals surface area contributed by atoms with Gasteiger partial charge >= 0.3 is 12.0 Å². The van der Waals surface area contributed by atoms with Crippen LogP contribution >= 0.6 is 0 Å². The first-order chi connectivity index (χ1) is 13.4. The van der Waals surface area contributed by atoms with Gasteiger partial charge in [0.25, 0.3) is 11.8 Å². The average Bonchev–Trinajstić information content (AvgIpc) is 2.66. The van der Waals surface area contributed by atoms with E-state index in [0.717, 1.165) is 4.90 Å². The molecule has 142 valence electrons. The highest BCUT2D eigenvalue weighted by Gasteiger charge is 2.37. The molecule has 0 saturated carbocycles. The number of hydrogen-bond donors (Lipinski definition) is 1. The van der Waals surface area contributed by atoms with Crippen molar-refractivity contribution in [3.05, 3.63) is 59.7 Å². The number of imide groups is 2. The number of urea groups is 1. The summed E-state index contributed by atoms with van der Waals surface area (Å²) in [5.74, 6) is -1.56.